The highest BCUT2D eigenvalue weighted by Gasteiger charge is 2.07. The molecule has 0 unspecified atom stereocenters. The van der Waals surface area contributed by atoms with Gasteiger partial charge in [-0.05, 0) is 13.0 Å². The first-order valence-electron chi connectivity index (χ1n) is 4.88. The van der Waals surface area contributed by atoms with Crippen LogP contribution in [0.5, 0.6) is 0 Å². The monoisotopic (exact) mass is 217 g/mol. The Bertz CT molecular complexity index is 435. The van der Waals surface area contributed by atoms with Gasteiger partial charge in [-0.3, -0.25) is 9.78 Å². The average molecular weight is 217 g/mol. The van der Waals surface area contributed by atoms with E-state index in [2.05, 4.69) is 36.1 Å². The Labute approximate surface area is 91.7 Å². The largest absolute Gasteiger partial charge is 0.294 e. The highest BCUT2D eigenvalue weighted by Crippen LogP contribution is 2.03. The molecule has 0 atom stereocenters. The van der Waals surface area contributed by atoms with Crippen molar-refractivity contribution in [1.82, 2.24) is 4.98 Å². The summed E-state index contributed by atoms with van der Waals surface area (Å²) in [6.45, 7) is 8.08. The molecule has 0 bridgehead atoms. The van der Waals surface area contributed by atoms with E-state index in [9.17, 15) is 4.79 Å². The van der Waals surface area contributed by atoms with Gasteiger partial charge in [-0.25, -0.2) is 0 Å². The summed E-state index contributed by atoms with van der Waals surface area (Å²) in [5.41, 5.74) is 4.69. The molecule has 0 saturated heterocycles. The Hall–Kier alpha value is -1.40. The van der Waals surface area contributed by atoms with Crippen molar-refractivity contribution in [3.63, 3.8) is 0 Å². The Kier molecular flexibility index (Phi) is 3.43. The number of Topliss-reactive ketones (excluding diaryl/α,β-unsaturated/α-hetero) is 1. The first-order valence-corrected chi connectivity index (χ1v) is 8.38. The number of carbonyl (C=O) groups excluding carboxylic acids is 1. The summed E-state index contributed by atoms with van der Waals surface area (Å²) in [5.74, 6) is 3.10. The predicted octanol–water partition coefficient (Wildman–Crippen LogP) is 2.51. The lowest BCUT2D eigenvalue weighted by atomic mass is 10.1. The summed E-state index contributed by atoms with van der Waals surface area (Å²) < 4.78 is 0. The highest BCUT2D eigenvalue weighted by molar-refractivity contribution is 6.83. The number of ketones is 1. The first kappa shape index (κ1) is 11.7. The topological polar surface area (TPSA) is 30.0 Å². The zero-order chi connectivity index (χ0) is 11.5. The van der Waals surface area contributed by atoms with Crippen molar-refractivity contribution in [2.24, 2.45) is 0 Å². The number of hydrogen-bond donors (Lipinski definition) is 0. The molecule has 1 rings (SSSR count). The molecule has 1 aromatic heterocycles. The second-order valence-corrected chi connectivity index (χ2v) is 9.27. The Morgan fingerprint density at radius 1 is 1.33 bits per heavy atom. The van der Waals surface area contributed by atoms with E-state index in [1.54, 1.807) is 18.5 Å². The van der Waals surface area contributed by atoms with Gasteiger partial charge in [0.15, 0.2) is 5.78 Å². The number of pyridine rings is 1. The van der Waals surface area contributed by atoms with Crippen molar-refractivity contribution in [2.75, 3.05) is 0 Å². The summed E-state index contributed by atoms with van der Waals surface area (Å²) in [4.78, 5) is 15.1. The maximum Gasteiger partial charge on any atom is 0.161 e. The molecule has 0 saturated carbocycles. The van der Waals surface area contributed by atoms with Crippen LogP contribution in [0, 0.1) is 11.5 Å². The summed E-state index contributed by atoms with van der Waals surface area (Å²) in [7, 11) is -1.36. The predicted molar refractivity (Wildman–Crippen MR) is 64.5 cm³/mol. The van der Waals surface area contributed by atoms with Crippen LogP contribution in [0.3, 0.4) is 0 Å². The maximum atomic E-state index is 11.1. The zero-order valence-electron chi connectivity index (χ0n) is 9.59. The van der Waals surface area contributed by atoms with E-state index >= 15 is 0 Å². The van der Waals surface area contributed by atoms with Crippen molar-refractivity contribution in [2.45, 2.75) is 26.6 Å². The number of aromatic nitrogens is 1. The van der Waals surface area contributed by atoms with E-state index < -0.39 is 8.07 Å². The molecule has 1 heterocycles. The second-order valence-electron chi connectivity index (χ2n) is 4.52. The minimum Gasteiger partial charge on any atom is -0.294 e. The Morgan fingerprint density at radius 3 is 2.53 bits per heavy atom. The SMILES string of the molecule is CC(=O)c1cncc(C#C[Si](C)(C)C)c1. The molecule has 0 aliphatic rings. The summed E-state index contributed by atoms with van der Waals surface area (Å²) in [6, 6.07) is 1.79. The number of rotatable bonds is 1. The fourth-order valence-electron chi connectivity index (χ4n) is 0.960. The van der Waals surface area contributed by atoms with Crippen molar-refractivity contribution >= 4 is 13.9 Å². The fourth-order valence-corrected chi connectivity index (χ4v) is 1.48. The zero-order valence-corrected chi connectivity index (χ0v) is 10.6. The Morgan fingerprint density at radius 2 is 2.00 bits per heavy atom. The molecule has 1 aromatic rings. The van der Waals surface area contributed by atoms with Gasteiger partial charge in [0.1, 0.15) is 8.07 Å². The number of carbonyl (C=O) groups is 1. The van der Waals surface area contributed by atoms with Crippen LogP contribution in [0.2, 0.25) is 19.6 Å². The van der Waals surface area contributed by atoms with Crippen molar-refractivity contribution < 1.29 is 4.79 Å². The highest BCUT2D eigenvalue weighted by atomic mass is 28.3. The van der Waals surface area contributed by atoms with E-state index in [0.29, 0.717) is 5.56 Å². The van der Waals surface area contributed by atoms with Crippen LogP contribution in [-0.2, 0) is 0 Å². The maximum absolute atomic E-state index is 11.1. The van der Waals surface area contributed by atoms with Gasteiger partial charge in [0.25, 0.3) is 0 Å². The lowest BCUT2D eigenvalue weighted by Gasteiger charge is -2.03. The Balaban J connectivity index is 3.00. The first-order chi connectivity index (χ1) is 6.88. The molecule has 0 spiro atoms. The van der Waals surface area contributed by atoms with Gasteiger partial charge in [0.05, 0.1) is 0 Å². The van der Waals surface area contributed by atoms with Gasteiger partial charge in [-0.1, -0.05) is 25.6 Å². The summed E-state index contributed by atoms with van der Waals surface area (Å²) in [5, 5.41) is 0. The van der Waals surface area contributed by atoms with Crippen molar-refractivity contribution in [3.8, 4) is 11.5 Å². The van der Waals surface area contributed by atoms with Crippen LogP contribution in [0.1, 0.15) is 22.8 Å². The quantitative estimate of drug-likeness (QED) is 0.411. The smallest absolute Gasteiger partial charge is 0.161 e. The molecule has 3 heteroatoms. The summed E-state index contributed by atoms with van der Waals surface area (Å²) in [6.07, 6.45) is 3.27. The molecule has 0 amide bonds. The van der Waals surface area contributed by atoms with Crippen molar-refractivity contribution in [1.29, 1.82) is 0 Å². The summed E-state index contributed by atoms with van der Waals surface area (Å²) >= 11 is 0. The van der Waals surface area contributed by atoms with E-state index in [-0.39, 0.29) is 5.78 Å². The fraction of sp³-hybridized carbons (Fsp3) is 0.333. The molecule has 0 fully saturated rings. The lowest BCUT2D eigenvalue weighted by Crippen LogP contribution is -2.16. The van der Waals surface area contributed by atoms with E-state index in [0.717, 1.165) is 5.56 Å². The van der Waals surface area contributed by atoms with Gasteiger partial charge in [0.2, 0.25) is 0 Å². The van der Waals surface area contributed by atoms with Crippen LogP contribution in [0.15, 0.2) is 18.5 Å². The molecule has 0 aromatic carbocycles. The molecule has 2 nitrogen and oxygen atoms in total. The average Bonchev–Trinajstić information content (AvgIpc) is 2.14. The van der Waals surface area contributed by atoms with Crippen LogP contribution in [-0.4, -0.2) is 18.8 Å². The molecule has 0 radical (unpaired) electrons. The lowest BCUT2D eigenvalue weighted by molar-refractivity contribution is 0.101. The van der Waals surface area contributed by atoms with Crippen LogP contribution in [0.4, 0.5) is 0 Å². The minimum atomic E-state index is -1.36. The molecule has 15 heavy (non-hydrogen) atoms. The van der Waals surface area contributed by atoms with Gasteiger partial charge in [-0.15, -0.1) is 5.54 Å². The normalized spacial score (nSPS) is 10.4. The van der Waals surface area contributed by atoms with Gasteiger partial charge in [-0.2, -0.15) is 0 Å². The molecular formula is C12H15NOSi. The van der Waals surface area contributed by atoms with Crippen molar-refractivity contribution in [3.05, 3.63) is 29.6 Å². The third-order valence-electron chi connectivity index (χ3n) is 1.73. The van der Waals surface area contributed by atoms with Crippen LogP contribution >= 0.6 is 0 Å². The van der Waals surface area contributed by atoms with Crippen LogP contribution in [0.25, 0.3) is 0 Å². The van der Waals surface area contributed by atoms with Gasteiger partial charge in [0, 0.05) is 23.5 Å². The molecule has 0 N–H and O–H groups in total. The second kappa shape index (κ2) is 4.41. The van der Waals surface area contributed by atoms with E-state index in [1.165, 1.54) is 6.92 Å². The number of hydrogen-bond acceptors (Lipinski definition) is 2. The number of nitrogens with zero attached hydrogens (tertiary/aromatic N) is 1. The molecule has 0 aliphatic heterocycles. The van der Waals surface area contributed by atoms with Crippen LogP contribution < -0.4 is 0 Å². The standard InChI is InChI=1S/C12H15NOSi/c1-10(14)12-7-11(8-13-9-12)5-6-15(2,3)4/h7-9H,1-4H3. The van der Waals surface area contributed by atoms with Gasteiger partial charge >= 0.3 is 0 Å². The molecule has 78 valence electrons. The minimum absolute atomic E-state index is 0.0270. The van der Waals surface area contributed by atoms with E-state index in [1.807, 2.05) is 0 Å². The molecule has 0 aliphatic carbocycles. The van der Waals surface area contributed by atoms with Gasteiger partial charge < -0.3 is 0 Å². The molecular weight excluding hydrogens is 202 g/mol. The third-order valence-corrected chi connectivity index (χ3v) is 2.60. The van der Waals surface area contributed by atoms with E-state index in [4.69, 9.17) is 0 Å². The third kappa shape index (κ3) is 4.09.